The average molecular weight is 749 g/mol. The molecule has 3 aliphatic rings. The summed E-state index contributed by atoms with van der Waals surface area (Å²) < 4.78 is 119. The van der Waals surface area contributed by atoms with Gasteiger partial charge in [0.05, 0.1) is 9.75 Å². The van der Waals surface area contributed by atoms with Gasteiger partial charge in [-0.05, 0) is 37.1 Å². The Balaban J connectivity index is 1.25. The highest BCUT2D eigenvalue weighted by Crippen LogP contribution is 2.67. The van der Waals surface area contributed by atoms with Crippen molar-refractivity contribution in [2.75, 3.05) is 26.4 Å². The number of alkyl halides is 6. The molecular weight excluding hydrogens is 727 g/mol. The summed E-state index contributed by atoms with van der Waals surface area (Å²) in [6, 6.07) is 9.89. The topological polar surface area (TPSA) is 36.9 Å². The molecule has 4 nitrogen and oxygen atoms in total. The molecule has 4 aromatic heterocycles. The fourth-order valence-corrected chi connectivity index (χ4v) is 10.9. The minimum atomic E-state index is -5.67. The highest BCUT2D eigenvalue weighted by Gasteiger charge is 2.80. The first-order valence-electron chi connectivity index (χ1n) is 15.1. The van der Waals surface area contributed by atoms with Crippen molar-refractivity contribution < 1.29 is 45.3 Å². The number of hydrogen-bond donors (Lipinski definition) is 0. The van der Waals surface area contributed by atoms with E-state index in [-0.39, 0.29) is 31.7 Å². The van der Waals surface area contributed by atoms with Gasteiger partial charge in [0.2, 0.25) is 0 Å². The highest BCUT2D eigenvalue weighted by atomic mass is 32.1. The number of aryl methyl sites for hydroxylation is 2. The van der Waals surface area contributed by atoms with Crippen LogP contribution in [-0.4, -0.2) is 44.2 Å². The van der Waals surface area contributed by atoms with E-state index in [1.807, 2.05) is 10.8 Å². The first-order valence-corrected chi connectivity index (χ1v) is 18.5. The number of ether oxygens (including phenoxy) is 4. The van der Waals surface area contributed by atoms with Crippen LogP contribution in [0.15, 0.2) is 47.2 Å². The molecule has 0 radical (unpaired) electrons. The van der Waals surface area contributed by atoms with Crippen molar-refractivity contribution in [3.05, 3.63) is 68.0 Å². The second-order valence-corrected chi connectivity index (χ2v) is 16.1. The minimum absolute atomic E-state index is 0.193. The maximum Gasteiger partial charge on any atom is 0.380 e. The summed E-state index contributed by atoms with van der Waals surface area (Å²) >= 11 is 4.95. The number of fused-ring (bicyclic) bond motifs is 4. The summed E-state index contributed by atoms with van der Waals surface area (Å²) in [4.78, 5) is 1.97. The quantitative estimate of drug-likeness (QED) is 0.168. The van der Waals surface area contributed by atoms with Crippen LogP contribution in [0.25, 0.3) is 52.2 Å². The first kappa shape index (κ1) is 31.3. The SMILES string of the molecule is Cc1sc2cc(-c3scc4c3OCCO4)ccc2c1C1=C(c2c(C)sc3cc(-c4scc5c4OCCO5)ccc23)C(F)(F)C(F)(F)C1(F)F. The Labute approximate surface area is 290 Å². The van der Waals surface area contributed by atoms with Crippen molar-refractivity contribution in [2.45, 2.75) is 31.6 Å². The molecule has 0 saturated heterocycles. The summed E-state index contributed by atoms with van der Waals surface area (Å²) in [5, 5.41) is 4.01. The van der Waals surface area contributed by atoms with Crippen molar-refractivity contribution in [3.8, 4) is 43.9 Å². The Bertz CT molecular complexity index is 2220. The van der Waals surface area contributed by atoms with E-state index in [0.29, 0.717) is 70.0 Å². The Morgan fingerprint density at radius 2 is 0.980 bits per heavy atom. The number of rotatable bonds is 4. The van der Waals surface area contributed by atoms with E-state index in [1.165, 1.54) is 48.7 Å². The summed E-state index contributed by atoms with van der Waals surface area (Å²) in [7, 11) is 0. The van der Waals surface area contributed by atoms with Crippen molar-refractivity contribution in [1.82, 2.24) is 0 Å². The van der Waals surface area contributed by atoms with E-state index in [0.717, 1.165) is 32.4 Å². The normalized spacial score (nSPS) is 18.9. The molecule has 0 fully saturated rings. The summed E-state index contributed by atoms with van der Waals surface area (Å²) in [5.74, 6) is -13.7. The van der Waals surface area contributed by atoms with Gasteiger partial charge in [-0.3, -0.25) is 0 Å². The van der Waals surface area contributed by atoms with Gasteiger partial charge in [-0.25, -0.2) is 0 Å². The van der Waals surface area contributed by atoms with Gasteiger partial charge in [-0.15, -0.1) is 45.3 Å². The molecule has 0 saturated carbocycles. The molecule has 6 heterocycles. The highest BCUT2D eigenvalue weighted by molar-refractivity contribution is 7.20. The molecule has 6 aromatic rings. The number of halogens is 6. The predicted molar refractivity (Wildman–Crippen MR) is 183 cm³/mol. The van der Waals surface area contributed by atoms with E-state index in [1.54, 1.807) is 24.3 Å². The van der Waals surface area contributed by atoms with E-state index in [9.17, 15) is 0 Å². The first-order chi connectivity index (χ1) is 23.4. The summed E-state index contributed by atoms with van der Waals surface area (Å²) in [6.45, 7) is 4.56. The van der Waals surface area contributed by atoms with E-state index < -0.39 is 28.9 Å². The summed E-state index contributed by atoms with van der Waals surface area (Å²) in [6.07, 6.45) is 0. The van der Waals surface area contributed by atoms with E-state index in [4.69, 9.17) is 18.9 Å². The van der Waals surface area contributed by atoms with Crippen LogP contribution in [0.2, 0.25) is 0 Å². The molecule has 2 aliphatic heterocycles. The minimum Gasteiger partial charge on any atom is -0.485 e. The van der Waals surface area contributed by atoms with Crippen LogP contribution in [0.1, 0.15) is 20.9 Å². The van der Waals surface area contributed by atoms with Crippen LogP contribution in [0, 0.1) is 13.8 Å². The zero-order valence-corrected chi connectivity index (χ0v) is 28.7. The largest absolute Gasteiger partial charge is 0.485 e. The monoisotopic (exact) mass is 748 g/mol. The maximum absolute atomic E-state index is 16.1. The molecule has 14 heteroatoms. The zero-order chi connectivity index (χ0) is 34.0. The van der Waals surface area contributed by atoms with E-state index in [2.05, 4.69) is 0 Å². The van der Waals surface area contributed by atoms with Gasteiger partial charge >= 0.3 is 17.8 Å². The number of thiophene rings is 4. The smallest absolute Gasteiger partial charge is 0.380 e. The van der Waals surface area contributed by atoms with Gasteiger partial charge in [0.15, 0.2) is 23.0 Å². The predicted octanol–water partition coefficient (Wildman–Crippen LogP) is 11.6. The van der Waals surface area contributed by atoms with Gasteiger partial charge < -0.3 is 18.9 Å². The van der Waals surface area contributed by atoms with Crippen molar-refractivity contribution in [3.63, 3.8) is 0 Å². The van der Waals surface area contributed by atoms with Gasteiger partial charge in [0, 0.05) is 63.0 Å². The number of hydrogen-bond acceptors (Lipinski definition) is 8. The van der Waals surface area contributed by atoms with Crippen LogP contribution in [0.5, 0.6) is 23.0 Å². The lowest BCUT2D eigenvalue weighted by Gasteiger charge is -2.26. The molecule has 2 aromatic carbocycles. The second-order valence-electron chi connectivity index (χ2n) is 11.9. The third-order valence-electron chi connectivity index (χ3n) is 9.03. The standard InChI is InChI=1S/C35H22F6O4S4/c1-15-25(19-5-3-17(11-23(19)48-15)31-29-21(13-46-31)42-7-9-44-29)27-28(34(38,39)35(40,41)33(27,36)37)26-16(2)49-24-12-18(4-6-20(24)26)32-30-22(14-47-32)43-8-10-45-30/h3-6,11-14H,7-10H2,1-2H3. The fourth-order valence-electron chi connectivity index (χ4n) is 6.86. The lowest BCUT2D eigenvalue weighted by Crippen LogP contribution is -2.48. The molecule has 9 rings (SSSR count). The van der Waals surface area contributed by atoms with Crippen LogP contribution in [0.4, 0.5) is 26.3 Å². The third kappa shape index (κ3) is 4.26. The second kappa shape index (κ2) is 10.6. The lowest BCUT2D eigenvalue weighted by molar-refractivity contribution is -0.254. The van der Waals surface area contributed by atoms with Crippen LogP contribution in [-0.2, 0) is 0 Å². The zero-order valence-electron chi connectivity index (χ0n) is 25.5. The molecule has 252 valence electrons. The molecule has 1 aliphatic carbocycles. The number of allylic oxidation sites excluding steroid dienone is 2. The Morgan fingerprint density at radius 3 is 1.41 bits per heavy atom. The van der Waals surface area contributed by atoms with Crippen LogP contribution >= 0.6 is 45.3 Å². The average Bonchev–Trinajstić information content (AvgIpc) is 3.86. The van der Waals surface area contributed by atoms with Gasteiger partial charge in [-0.2, -0.15) is 26.3 Å². The van der Waals surface area contributed by atoms with Crippen LogP contribution < -0.4 is 18.9 Å². The third-order valence-corrected chi connectivity index (χ3v) is 13.1. The summed E-state index contributed by atoms with van der Waals surface area (Å²) in [5.41, 5.74) is -1.86. The lowest BCUT2D eigenvalue weighted by atomic mass is 9.91. The van der Waals surface area contributed by atoms with Crippen molar-refractivity contribution >= 4 is 76.7 Å². The molecular formula is C35H22F6O4S4. The van der Waals surface area contributed by atoms with Crippen LogP contribution in [0.3, 0.4) is 0 Å². The number of benzene rings is 2. The molecule has 0 N–H and O–H groups in total. The van der Waals surface area contributed by atoms with Crippen molar-refractivity contribution in [2.24, 2.45) is 0 Å². The van der Waals surface area contributed by atoms with Crippen molar-refractivity contribution in [1.29, 1.82) is 0 Å². The Morgan fingerprint density at radius 1 is 0.571 bits per heavy atom. The maximum atomic E-state index is 16.1. The molecule has 49 heavy (non-hydrogen) atoms. The van der Waals surface area contributed by atoms with Gasteiger partial charge in [-0.1, -0.05) is 24.3 Å². The Hall–Kier alpha value is -3.72. The molecule has 0 bridgehead atoms. The van der Waals surface area contributed by atoms with Gasteiger partial charge in [0.25, 0.3) is 0 Å². The molecule has 0 atom stereocenters. The molecule has 0 amide bonds. The molecule has 0 unspecified atom stereocenters. The Kier molecular flexibility index (Phi) is 6.79. The van der Waals surface area contributed by atoms with Gasteiger partial charge in [0.1, 0.15) is 26.4 Å². The molecule has 0 spiro atoms. The fraction of sp³-hybridized carbons (Fsp3) is 0.257. The van der Waals surface area contributed by atoms with E-state index >= 15 is 26.3 Å².